The van der Waals surface area contributed by atoms with Gasteiger partial charge in [-0.2, -0.15) is 0 Å². The Morgan fingerprint density at radius 1 is 1.17 bits per heavy atom. The molecule has 1 unspecified atom stereocenters. The third-order valence-electron chi connectivity index (χ3n) is 2.75. The topological polar surface area (TPSA) is 38.0 Å². The van der Waals surface area contributed by atoms with Gasteiger partial charge >= 0.3 is 0 Å². The quantitative estimate of drug-likeness (QED) is 0.673. The van der Waals surface area contributed by atoms with Crippen LogP contribution in [0.1, 0.15) is 22.7 Å². The second kappa shape index (κ2) is 5.61. The van der Waals surface area contributed by atoms with Gasteiger partial charge in [-0.25, -0.2) is 9.82 Å². The van der Waals surface area contributed by atoms with Crippen LogP contribution in [-0.2, 0) is 0 Å². The largest absolute Gasteiger partial charge is 0.271 e. The minimum absolute atomic E-state index is 0.225. The molecule has 0 aliphatic rings. The van der Waals surface area contributed by atoms with Crippen molar-refractivity contribution in [3.8, 4) is 0 Å². The van der Waals surface area contributed by atoms with Crippen molar-refractivity contribution in [3.05, 3.63) is 69.4 Å². The maximum atomic E-state index is 13.3. The van der Waals surface area contributed by atoms with Crippen molar-refractivity contribution < 1.29 is 4.39 Å². The van der Waals surface area contributed by atoms with E-state index in [0.717, 1.165) is 21.2 Å². The van der Waals surface area contributed by atoms with Crippen LogP contribution in [0.3, 0.4) is 0 Å². The van der Waals surface area contributed by atoms with Crippen LogP contribution in [0.4, 0.5) is 4.39 Å². The van der Waals surface area contributed by atoms with Crippen molar-refractivity contribution in [1.82, 2.24) is 5.43 Å². The van der Waals surface area contributed by atoms with E-state index in [2.05, 4.69) is 21.4 Å². The lowest BCUT2D eigenvalue weighted by Gasteiger charge is -2.18. The number of rotatable bonds is 3. The van der Waals surface area contributed by atoms with E-state index in [0.29, 0.717) is 0 Å². The predicted molar refractivity (Wildman–Crippen MR) is 74.4 cm³/mol. The van der Waals surface area contributed by atoms with Gasteiger partial charge in [0.05, 0.1) is 6.04 Å². The molecule has 0 aliphatic carbocycles. The molecule has 0 bridgehead atoms. The molecular weight excluding hydrogens is 295 g/mol. The summed E-state index contributed by atoms with van der Waals surface area (Å²) >= 11 is 3.45. The minimum Gasteiger partial charge on any atom is -0.271 e. The second-order valence-corrected chi connectivity index (χ2v) is 5.13. The Kier molecular flexibility index (Phi) is 4.11. The molecule has 0 amide bonds. The van der Waals surface area contributed by atoms with E-state index in [-0.39, 0.29) is 11.9 Å². The Morgan fingerprint density at radius 3 is 2.56 bits per heavy atom. The van der Waals surface area contributed by atoms with Gasteiger partial charge in [0.1, 0.15) is 5.82 Å². The molecule has 0 aromatic heterocycles. The molecule has 0 saturated carbocycles. The van der Waals surface area contributed by atoms with Crippen molar-refractivity contribution in [2.75, 3.05) is 0 Å². The van der Waals surface area contributed by atoms with Crippen LogP contribution in [0.5, 0.6) is 0 Å². The molecule has 0 fully saturated rings. The molecule has 2 aromatic carbocycles. The van der Waals surface area contributed by atoms with Gasteiger partial charge in [-0.3, -0.25) is 5.84 Å². The maximum absolute atomic E-state index is 13.3. The van der Waals surface area contributed by atoms with Gasteiger partial charge in [-0.15, -0.1) is 0 Å². The van der Waals surface area contributed by atoms with E-state index in [9.17, 15) is 4.39 Å². The molecule has 4 heteroatoms. The van der Waals surface area contributed by atoms with Crippen molar-refractivity contribution in [1.29, 1.82) is 0 Å². The normalized spacial score (nSPS) is 12.4. The number of hydrazine groups is 1. The van der Waals surface area contributed by atoms with Gasteiger partial charge in [0.15, 0.2) is 0 Å². The first kappa shape index (κ1) is 13.2. The van der Waals surface area contributed by atoms with Gasteiger partial charge in [-0.1, -0.05) is 34.1 Å². The smallest absolute Gasteiger partial charge is 0.123 e. The number of halogens is 2. The van der Waals surface area contributed by atoms with Crippen molar-refractivity contribution in [2.45, 2.75) is 13.0 Å². The monoisotopic (exact) mass is 308 g/mol. The van der Waals surface area contributed by atoms with Crippen molar-refractivity contribution >= 4 is 15.9 Å². The first-order chi connectivity index (χ1) is 8.60. The Bertz CT molecular complexity index is 537. The standard InChI is InChI=1S/C14H14BrFN2/c1-9-5-11(7-12(15)6-9)14(18-17)10-3-2-4-13(16)8-10/h2-8,14,18H,17H2,1H3. The first-order valence-corrected chi connectivity index (χ1v) is 6.38. The van der Waals surface area contributed by atoms with Gasteiger partial charge in [0.25, 0.3) is 0 Å². The van der Waals surface area contributed by atoms with Gasteiger partial charge in [0, 0.05) is 4.47 Å². The summed E-state index contributed by atoms with van der Waals surface area (Å²) in [6, 6.07) is 12.2. The molecule has 0 heterocycles. The van der Waals surface area contributed by atoms with Crippen LogP contribution in [0.25, 0.3) is 0 Å². The molecular formula is C14H14BrFN2. The average molecular weight is 309 g/mol. The molecule has 2 nitrogen and oxygen atoms in total. The van der Waals surface area contributed by atoms with E-state index in [1.807, 2.05) is 31.2 Å². The molecule has 0 radical (unpaired) electrons. The summed E-state index contributed by atoms with van der Waals surface area (Å²) in [5.41, 5.74) is 5.65. The third-order valence-corrected chi connectivity index (χ3v) is 3.20. The number of hydrogen-bond acceptors (Lipinski definition) is 2. The van der Waals surface area contributed by atoms with Crippen molar-refractivity contribution in [2.24, 2.45) is 5.84 Å². The van der Waals surface area contributed by atoms with E-state index >= 15 is 0 Å². The zero-order valence-corrected chi connectivity index (χ0v) is 11.5. The molecule has 0 spiro atoms. The molecule has 94 valence electrons. The molecule has 0 aliphatic heterocycles. The number of aryl methyl sites for hydroxylation is 1. The van der Waals surface area contributed by atoms with Gasteiger partial charge in [0.2, 0.25) is 0 Å². The Morgan fingerprint density at radius 2 is 1.94 bits per heavy atom. The summed E-state index contributed by atoms with van der Waals surface area (Å²) in [6.45, 7) is 2.01. The second-order valence-electron chi connectivity index (χ2n) is 4.22. The lowest BCUT2D eigenvalue weighted by atomic mass is 9.98. The van der Waals surface area contributed by atoms with E-state index in [1.165, 1.54) is 12.1 Å². The lowest BCUT2D eigenvalue weighted by Crippen LogP contribution is -2.29. The first-order valence-electron chi connectivity index (χ1n) is 5.59. The highest BCUT2D eigenvalue weighted by Crippen LogP contribution is 2.25. The van der Waals surface area contributed by atoms with Gasteiger partial charge in [-0.05, 0) is 47.9 Å². The number of benzene rings is 2. The summed E-state index contributed by atoms with van der Waals surface area (Å²) in [6.07, 6.45) is 0. The zero-order valence-electron chi connectivity index (χ0n) is 9.95. The Balaban J connectivity index is 2.45. The summed E-state index contributed by atoms with van der Waals surface area (Å²) in [5, 5.41) is 0. The van der Waals surface area contributed by atoms with Crippen LogP contribution in [0.15, 0.2) is 46.9 Å². The minimum atomic E-state index is -0.264. The molecule has 18 heavy (non-hydrogen) atoms. The van der Waals surface area contributed by atoms with Crippen LogP contribution in [0.2, 0.25) is 0 Å². The highest BCUT2D eigenvalue weighted by molar-refractivity contribution is 9.10. The van der Waals surface area contributed by atoms with E-state index in [1.54, 1.807) is 6.07 Å². The lowest BCUT2D eigenvalue weighted by molar-refractivity contribution is 0.605. The number of nitrogens with one attached hydrogen (secondary N) is 1. The van der Waals surface area contributed by atoms with Crippen LogP contribution >= 0.6 is 15.9 Å². The van der Waals surface area contributed by atoms with Crippen molar-refractivity contribution in [3.63, 3.8) is 0 Å². The number of hydrogen-bond donors (Lipinski definition) is 2. The fraction of sp³-hybridized carbons (Fsp3) is 0.143. The summed E-state index contributed by atoms with van der Waals surface area (Å²) < 4.78 is 14.2. The third kappa shape index (κ3) is 2.96. The average Bonchev–Trinajstić information content (AvgIpc) is 2.28. The Hall–Kier alpha value is -1.23. The van der Waals surface area contributed by atoms with Crippen LogP contribution in [0, 0.1) is 12.7 Å². The zero-order chi connectivity index (χ0) is 13.1. The molecule has 3 N–H and O–H groups in total. The van der Waals surface area contributed by atoms with E-state index in [4.69, 9.17) is 5.84 Å². The van der Waals surface area contributed by atoms with Crippen LogP contribution in [-0.4, -0.2) is 0 Å². The van der Waals surface area contributed by atoms with E-state index < -0.39 is 0 Å². The predicted octanol–water partition coefficient (Wildman–Crippen LogP) is 3.45. The molecule has 1 atom stereocenters. The van der Waals surface area contributed by atoms with Gasteiger partial charge < -0.3 is 0 Å². The molecule has 0 saturated heterocycles. The van der Waals surface area contributed by atoms with Crippen LogP contribution < -0.4 is 11.3 Å². The molecule has 2 aromatic rings. The maximum Gasteiger partial charge on any atom is 0.123 e. The molecule has 2 rings (SSSR count). The number of nitrogens with two attached hydrogens (primary N) is 1. The summed E-state index contributed by atoms with van der Waals surface area (Å²) in [4.78, 5) is 0. The summed E-state index contributed by atoms with van der Waals surface area (Å²) in [5.74, 6) is 5.33. The highest BCUT2D eigenvalue weighted by atomic mass is 79.9. The SMILES string of the molecule is Cc1cc(Br)cc(C(NN)c2cccc(F)c2)c1. The highest BCUT2D eigenvalue weighted by Gasteiger charge is 2.13. The fourth-order valence-corrected chi connectivity index (χ4v) is 2.63. The Labute approximate surface area is 114 Å². The summed E-state index contributed by atoms with van der Waals surface area (Å²) in [7, 11) is 0. The fourth-order valence-electron chi connectivity index (χ4n) is 2.00.